The van der Waals surface area contributed by atoms with Gasteiger partial charge in [-0.25, -0.2) is 4.98 Å². The number of phenolic OH excluding ortho intramolecular Hbond substituents is 1. The number of hydrogen-bond donors (Lipinski definition) is 2. The fraction of sp³-hybridized carbons (Fsp3) is 0.238. The molecule has 2 aromatic carbocycles. The van der Waals surface area contributed by atoms with E-state index in [-0.39, 0.29) is 17.7 Å². The van der Waals surface area contributed by atoms with E-state index in [0.29, 0.717) is 0 Å². The Hall–Kier alpha value is -2.66. The summed E-state index contributed by atoms with van der Waals surface area (Å²) in [5.74, 6) is 0.273. The average molecular weight is 366 g/mol. The fourth-order valence-corrected chi connectivity index (χ4v) is 3.62. The first-order valence-corrected chi connectivity index (χ1v) is 9.50. The molecule has 1 atom stereocenters. The Balaban J connectivity index is 1.65. The molecule has 0 unspecified atom stereocenters. The van der Waals surface area contributed by atoms with Crippen LogP contribution in [0.5, 0.6) is 5.75 Å². The van der Waals surface area contributed by atoms with Crippen molar-refractivity contribution in [1.29, 1.82) is 0 Å². The monoisotopic (exact) mass is 366 g/mol. The van der Waals surface area contributed by atoms with Crippen LogP contribution >= 0.6 is 11.3 Å². The number of hydrogen-bond acceptors (Lipinski definition) is 4. The number of phenols is 1. The molecule has 1 aromatic heterocycles. The molecule has 26 heavy (non-hydrogen) atoms. The zero-order chi connectivity index (χ0) is 18.5. The normalized spacial score (nSPS) is 11.9. The first-order chi connectivity index (χ1) is 12.5. The second-order valence-corrected chi connectivity index (χ2v) is 7.28. The van der Waals surface area contributed by atoms with E-state index >= 15 is 0 Å². The summed E-state index contributed by atoms with van der Waals surface area (Å²) in [6.07, 6.45) is 1.85. The van der Waals surface area contributed by atoms with Gasteiger partial charge in [-0.05, 0) is 49.6 Å². The van der Waals surface area contributed by atoms with E-state index in [4.69, 9.17) is 4.98 Å². The number of aromatic nitrogens is 1. The van der Waals surface area contributed by atoms with Crippen molar-refractivity contribution in [3.63, 3.8) is 0 Å². The topological polar surface area (TPSA) is 62.2 Å². The molecule has 0 aliphatic heterocycles. The standard InChI is InChI=1S/C21H22N2O2S/c1-14(22-15(2)24)3-4-16-5-7-17(8-6-16)20-13-26-21(23-20)18-9-11-19(25)12-10-18/h5-14,25H,3-4H2,1-2H3,(H,22,24)/t14-/m1/s1. The molecule has 134 valence electrons. The van der Waals surface area contributed by atoms with E-state index in [1.54, 1.807) is 30.4 Å². The third-order valence-electron chi connectivity index (χ3n) is 4.18. The molecule has 0 spiro atoms. The molecule has 0 aliphatic rings. The van der Waals surface area contributed by atoms with E-state index in [1.165, 1.54) is 5.56 Å². The van der Waals surface area contributed by atoms with Crippen LogP contribution in [0.1, 0.15) is 25.8 Å². The van der Waals surface area contributed by atoms with Gasteiger partial charge in [0, 0.05) is 29.5 Å². The predicted molar refractivity (Wildman–Crippen MR) is 106 cm³/mol. The van der Waals surface area contributed by atoms with Gasteiger partial charge < -0.3 is 10.4 Å². The number of nitrogens with one attached hydrogen (secondary N) is 1. The lowest BCUT2D eigenvalue weighted by atomic mass is 10.0. The molecule has 5 heteroatoms. The maximum absolute atomic E-state index is 11.1. The van der Waals surface area contributed by atoms with Crippen LogP contribution in [-0.4, -0.2) is 22.0 Å². The average Bonchev–Trinajstić information content (AvgIpc) is 3.10. The molecule has 0 radical (unpaired) electrons. The van der Waals surface area contributed by atoms with Crippen molar-refractivity contribution in [2.75, 3.05) is 0 Å². The fourth-order valence-electron chi connectivity index (χ4n) is 2.79. The molecule has 0 saturated heterocycles. The molecule has 3 rings (SSSR count). The molecular weight excluding hydrogens is 344 g/mol. The lowest BCUT2D eigenvalue weighted by Gasteiger charge is -2.12. The molecule has 3 aromatic rings. The SMILES string of the molecule is CC(=O)N[C@H](C)CCc1ccc(-c2csc(-c3ccc(O)cc3)n2)cc1. The summed E-state index contributed by atoms with van der Waals surface area (Å²) < 4.78 is 0. The Bertz CT molecular complexity index is 870. The van der Waals surface area contributed by atoms with Crippen molar-refractivity contribution in [1.82, 2.24) is 10.3 Å². The summed E-state index contributed by atoms with van der Waals surface area (Å²) in [4.78, 5) is 15.8. The van der Waals surface area contributed by atoms with Crippen LogP contribution in [0, 0.1) is 0 Å². The third kappa shape index (κ3) is 4.70. The molecule has 1 heterocycles. The second-order valence-electron chi connectivity index (χ2n) is 6.42. The maximum Gasteiger partial charge on any atom is 0.217 e. The molecule has 1 amide bonds. The molecule has 0 bridgehead atoms. The quantitative estimate of drug-likeness (QED) is 0.668. The first-order valence-electron chi connectivity index (χ1n) is 8.62. The molecule has 0 saturated carbocycles. The van der Waals surface area contributed by atoms with Crippen LogP contribution in [0.25, 0.3) is 21.8 Å². The Kier molecular flexibility index (Phi) is 5.68. The number of carbonyl (C=O) groups excluding carboxylic acids is 1. The molecule has 0 aliphatic carbocycles. The van der Waals surface area contributed by atoms with Gasteiger partial charge in [0.15, 0.2) is 0 Å². The van der Waals surface area contributed by atoms with Gasteiger partial charge in [-0.1, -0.05) is 24.3 Å². The van der Waals surface area contributed by atoms with Crippen LogP contribution in [-0.2, 0) is 11.2 Å². The van der Waals surface area contributed by atoms with Crippen LogP contribution < -0.4 is 5.32 Å². The lowest BCUT2D eigenvalue weighted by Crippen LogP contribution is -2.30. The first kappa shape index (κ1) is 18.1. The van der Waals surface area contributed by atoms with Crippen molar-refractivity contribution in [3.8, 4) is 27.6 Å². The number of aryl methyl sites for hydroxylation is 1. The number of rotatable bonds is 6. The Morgan fingerprint density at radius 1 is 1.12 bits per heavy atom. The summed E-state index contributed by atoms with van der Waals surface area (Å²) in [6.45, 7) is 3.57. The van der Waals surface area contributed by atoms with Gasteiger partial charge in [-0.2, -0.15) is 0 Å². The zero-order valence-corrected chi connectivity index (χ0v) is 15.7. The predicted octanol–water partition coefficient (Wildman–Crippen LogP) is 4.64. The minimum absolute atomic E-state index is 0.0146. The van der Waals surface area contributed by atoms with E-state index in [9.17, 15) is 9.90 Å². The van der Waals surface area contributed by atoms with Crippen LogP contribution in [0.4, 0.5) is 0 Å². The third-order valence-corrected chi connectivity index (χ3v) is 5.08. The van der Waals surface area contributed by atoms with Crippen molar-refractivity contribution in [2.45, 2.75) is 32.7 Å². The van der Waals surface area contributed by atoms with Gasteiger partial charge in [0.1, 0.15) is 10.8 Å². The number of benzene rings is 2. The number of nitrogens with zero attached hydrogens (tertiary/aromatic N) is 1. The van der Waals surface area contributed by atoms with Crippen LogP contribution in [0.15, 0.2) is 53.9 Å². The minimum Gasteiger partial charge on any atom is -0.508 e. The van der Waals surface area contributed by atoms with E-state index in [2.05, 4.69) is 35.0 Å². The highest BCUT2D eigenvalue weighted by Crippen LogP contribution is 2.29. The van der Waals surface area contributed by atoms with E-state index < -0.39 is 0 Å². The van der Waals surface area contributed by atoms with E-state index in [1.807, 2.05) is 19.1 Å². The highest BCUT2D eigenvalue weighted by atomic mass is 32.1. The number of carbonyl (C=O) groups is 1. The zero-order valence-electron chi connectivity index (χ0n) is 14.9. The van der Waals surface area contributed by atoms with Crippen molar-refractivity contribution in [3.05, 3.63) is 59.5 Å². The molecule has 2 N–H and O–H groups in total. The van der Waals surface area contributed by atoms with Gasteiger partial charge >= 0.3 is 0 Å². The van der Waals surface area contributed by atoms with Crippen molar-refractivity contribution >= 4 is 17.2 Å². The highest BCUT2D eigenvalue weighted by molar-refractivity contribution is 7.13. The highest BCUT2D eigenvalue weighted by Gasteiger charge is 2.08. The summed E-state index contributed by atoms with van der Waals surface area (Å²) in [6, 6.07) is 15.7. The number of thiazole rings is 1. The maximum atomic E-state index is 11.1. The summed E-state index contributed by atoms with van der Waals surface area (Å²) in [5, 5.41) is 15.3. The Morgan fingerprint density at radius 2 is 1.77 bits per heavy atom. The summed E-state index contributed by atoms with van der Waals surface area (Å²) in [7, 11) is 0. The Labute approximate surface area is 157 Å². The van der Waals surface area contributed by atoms with Gasteiger partial charge in [0.25, 0.3) is 0 Å². The van der Waals surface area contributed by atoms with Gasteiger partial charge in [0.05, 0.1) is 5.69 Å². The number of aromatic hydroxyl groups is 1. The van der Waals surface area contributed by atoms with Gasteiger partial charge in [-0.3, -0.25) is 4.79 Å². The van der Waals surface area contributed by atoms with Crippen molar-refractivity contribution in [2.24, 2.45) is 0 Å². The molecule has 4 nitrogen and oxygen atoms in total. The lowest BCUT2D eigenvalue weighted by molar-refractivity contribution is -0.119. The number of amides is 1. The van der Waals surface area contributed by atoms with Gasteiger partial charge in [-0.15, -0.1) is 11.3 Å². The van der Waals surface area contributed by atoms with Gasteiger partial charge in [0.2, 0.25) is 5.91 Å². The smallest absolute Gasteiger partial charge is 0.217 e. The molecular formula is C21H22N2O2S. The second kappa shape index (κ2) is 8.15. The van der Waals surface area contributed by atoms with Crippen LogP contribution in [0.2, 0.25) is 0 Å². The summed E-state index contributed by atoms with van der Waals surface area (Å²) >= 11 is 1.59. The van der Waals surface area contributed by atoms with Crippen molar-refractivity contribution < 1.29 is 9.90 Å². The Morgan fingerprint density at radius 3 is 2.42 bits per heavy atom. The summed E-state index contributed by atoms with van der Waals surface area (Å²) in [5.41, 5.74) is 4.30. The van der Waals surface area contributed by atoms with E-state index in [0.717, 1.165) is 34.7 Å². The minimum atomic E-state index is 0.0146. The van der Waals surface area contributed by atoms with Crippen LogP contribution in [0.3, 0.4) is 0 Å². The largest absolute Gasteiger partial charge is 0.508 e. The molecule has 0 fully saturated rings.